The van der Waals surface area contributed by atoms with Crippen molar-refractivity contribution >= 4 is 22.7 Å². The maximum atomic E-state index is 9.50. The summed E-state index contributed by atoms with van der Waals surface area (Å²) in [6.07, 6.45) is 3.57. The molecule has 4 rings (SSSR count). The summed E-state index contributed by atoms with van der Waals surface area (Å²) in [5.74, 6) is 0.908. The van der Waals surface area contributed by atoms with Crippen molar-refractivity contribution in [2.24, 2.45) is 7.05 Å². The van der Waals surface area contributed by atoms with E-state index in [0.717, 1.165) is 5.39 Å². The van der Waals surface area contributed by atoms with Crippen LogP contribution in [0.1, 0.15) is 32.5 Å². The van der Waals surface area contributed by atoms with Gasteiger partial charge in [0.05, 0.1) is 31.1 Å². The Morgan fingerprint density at radius 3 is 2.89 bits per heavy atom. The van der Waals surface area contributed by atoms with Gasteiger partial charge in [0.1, 0.15) is 23.1 Å². The van der Waals surface area contributed by atoms with Gasteiger partial charge in [0, 0.05) is 18.6 Å². The van der Waals surface area contributed by atoms with Crippen molar-refractivity contribution in [2.75, 3.05) is 11.9 Å². The third-order valence-corrected chi connectivity index (χ3v) is 4.48. The van der Waals surface area contributed by atoms with E-state index in [4.69, 9.17) is 9.47 Å². The Balaban J connectivity index is 1.72. The van der Waals surface area contributed by atoms with Crippen molar-refractivity contribution in [2.45, 2.75) is 39.0 Å². The van der Waals surface area contributed by atoms with E-state index in [1.54, 1.807) is 10.9 Å². The molecule has 140 valence electrons. The summed E-state index contributed by atoms with van der Waals surface area (Å²) in [6, 6.07) is 4.15. The predicted molar refractivity (Wildman–Crippen MR) is 98.9 cm³/mol. The number of nitriles is 1. The number of aromatic nitrogens is 5. The van der Waals surface area contributed by atoms with E-state index in [-0.39, 0.29) is 18.2 Å². The molecule has 1 fully saturated rings. The Kier molecular flexibility index (Phi) is 4.20. The highest BCUT2D eigenvalue weighted by molar-refractivity contribution is 5.79. The molecule has 1 saturated heterocycles. The number of hydrogen-bond donors (Lipinski definition) is 1. The monoisotopic (exact) mass is 367 g/mol. The fraction of sp³-hybridized carbons (Fsp3) is 0.444. The first kappa shape index (κ1) is 17.3. The Morgan fingerprint density at radius 2 is 2.26 bits per heavy atom. The number of fused-ring (bicyclic) bond motifs is 1. The second-order valence-corrected chi connectivity index (χ2v) is 6.90. The first-order chi connectivity index (χ1) is 13.0. The molecule has 1 N–H and O–H groups in total. The van der Waals surface area contributed by atoms with Crippen LogP contribution in [-0.4, -0.2) is 43.1 Å². The van der Waals surface area contributed by atoms with Crippen LogP contribution in [0.15, 0.2) is 18.5 Å². The first-order valence-electron chi connectivity index (χ1n) is 8.83. The lowest BCUT2D eigenvalue weighted by atomic mass is 10.1. The quantitative estimate of drug-likeness (QED) is 0.739. The zero-order valence-electron chi connectivity index (χ0n) is 15.7. The summed E-state index contributed by atoms with van der Waals surface area (Å²) >= 11 is 0. The van der Waals surface area contributed by atoms with Crippen LogP contribution in [0.4, 0.5) is 11.6 Å². The molecule has 0 spiro atoms. The molecule has 0 amide bonds. The van der Waals surface area contributed by atoms with Crippen LogP contribution >= 0.6 is 0 Å². The largest absolute Gasteiger partial charge is 0.472 e. The highest BCUT2D eigenvalue weighted by Gasteiger charge is 2.32. The van der Waals surface area contributed by atoms with Crippen LogP contribution < -0.4 is 10.1 Å². The topological polar surface area (TPSA) is 103 Å². The number of rotatable bonds is 5. The lowest BCUT2D eigenvalue weighted by Crippen LogP contribution is -2.39. The second-order valence-electron chi connectivity index (χ2n) is 6.90. The van der Waals surface area contributed by atoms with E-state index in [1.165, 1.54) is 0 Å². The lowest BCUT2D eigenvalue weighted by molar-refractivity contribution is -0.0918. The van der Waals surface area contributed by atoms with Gasteiger partial charge < -0.3 is 19.4 Å². The van der Waals surface area contributed by atoms with Crippen molar-refractivity contribution in [1.29, 1.82) is 5.26 Å². The normalized spacial score (nSPS) is 19.1. The standard InChI is InChI=1S/C18H21N7O2/c1-10(2)27-17-14(8-24(4)23-17)21-18-20-7-12-5-13(6-19)25(16(12)22-18)15-9-26-11(15)3/h5,7-8,10-11,15H,9H2,1-4H3,(H,20,21,22)/t11-,15+/m1/s1. The van der Waals surface area contributed by atoms with E-state index >= 15 is 0 Å². The molecule has 1 aliphatic heterocycles. The minimum absolute atomic E-state index is 0.000582. The van der Waals surface area contributed by atoms with Gasteiger partial charge in [-0.2, -0.15) is 10.2 Å². The average molecular weight is 367 g/mol. The van der Waals surface area contributed by atoms with E-state index in [1.807, 2.05) is 44.6 Å². The van der Waals surface area contributed by atoms with Gasteiger partial charge in [-0.25, -0.2) is 4.98 Å². The third-order valence-electron chi connectivity index (χ3n) is 4.48. The van der Waals surface area contributed by atoms with Gasteiger partial charge in [-0.15, -0.1) is 5.10 Å². The van der Waals surface area contributed by atoms with Crippen LogP contribution in [0.5, 0.6) is 5.88 Å². The minimum Gasteiger partial charge on any atom is -0.472 e. The van der Waals surface area contributed by atoms with Crippen molar-refractivity contribution in [1.82, 2.24) is 24.3 Å². The smallest absolute Gasteiger partial charge is 0.257 e. The Morgan fingerprint density at radius 1 is 1.44 bits per heavy atom. The number of anilines is 2. The van der Waals surface area contributed by atoms with Crippen LogP contribution in [0.2, 0.25) is 0 Å². The van der Waals surface area contributed by atoms with Crippen LogP contribution in [0.25, 0.3) is 11.0 Å². The summed E-state index contributed by atoms with van der Waals surface area (Å²) in [6.45, 7) is 6.45. The van der Waals surface area contributed by atoms with Crippen molar-refractivity contribution in [3.8, 4) is 11.9 Å². The molecular formula is C18H21N7O2. The number of ether oxygens (including phenoxy) is 2. The zero-order valence-corrected chi connectivity index (χ0v) is 15.7. The lowest BCUT2D eigenvalue weighted by Gasteiger charge is -2.35. The summed E-state index contributed by atoms with van der Waals surface area (Å²) in [7, 11) is 1.82. The molecular weight excluding hydrogens is 346 g/mol. The SMILES string of the molecule is CC(C)Oc1nn(C)cc1Nc1ncc2cc(C#N)n([C@H]3CO[C@@H]3C)c2n1. The van der Waals surface area contributed by atoms with Crippen LogP contribution in [0.3, 0.4) is 0 Å². The predicted octanol–water partition coefficient (Wildman–Crippen LogP) is 2.53. The average Bonchev–Trinajstić information content (AvgIpc) is 3.13. The first-order valence-corrected chi connectivity index (χ1v) is 8.83. The molecule has 0 unspecified atom stereocenters. The molecule has 0 bridgehead atoms. The minimum atomic E-state index is -0.000582. The highest BCUT2D eigenvalue weighted by Crippen LogP contribution is 2.32. The molecule has 27 heavy (non-hydrogen) atoms. The molecule has 0 aliphatic carbocycles. The zero-order chi connectivity index (χ0) is 19.1. The van der Waals surface area contributed by atoms with Gasteiger partial charge in [-0.3, -0.25) is 4.68 Å². The van der Waals surface area contributed by atoms with E-state index in [2.05, 4.69) is 26.5 Å². The molecule has 0 aromatic carbocycles. The fourth-order valence-corrected chi connectivity index (χ4v) is 3.13. The second kappa shape index (κ2) is 6.55. The molecule has 1 aliphatic rings. The molecule has 9 nitrogen and oxygen atoms in total. The number of nitrogens with one attached hydrogen (secondary N) is 1. The van der Waals surface area contributed by atoms with E-state index < -0.39 is 0 Å². The molecule has 0 radical (unpaired) electrons. The Hall–Kier alpha value is -3.12. The molecule has 4 heterocycles. The van der Waals surface area contributed by atoms with Gasteiger partial charge in [0.2, 0.25) is 5.95 Å². The summed E-state index contributed by atoms with van der Waals surface area (Å²) in [5.41, 5.74) is 1.95. The van der Waals surface area contributed by atoms with Crippen molar-refractivity contribution < 1.29 is 9.47 Å². The molecule has 9 heteroatoms. The van der Waals surface area contributed by atoms with E-state index in [9.17, 15) is 5.26 Å². The maximum Gasteiger partial charge on any atom is 0.257 e. The van der Waals surface area contributed by atoms with Gasteiger partial charge in [0.15, 0.2) is 0 Å². The Bertz CT molecular complexity index is 1030. The molecule has 0 saturated carbocycles. The summed E-state index contributed by atoms with van der Waals surface area (Å²) in [4.78, 5) is 9.02. The maximum absolute atomic E-state index is 9.50. The van der Waals surface area contributed by atoms with E-state index in [0.29, 0.717) is 35.5 Å². The van der Waals surface area contributed by atoms with Gasteiger partial charge in [0.25, 0.3) is 5.88 Å². The Labute approximate surface area is 156 Å². The van der Waals surface area contributed by atoms with Crippen LogP contribution in [0, 0.1) is 11.3 Å². The van der Waals surface area contributed by atoms with Crippen molar-refractivity contribution in [3.63, 3.8) is 0 Å². The van der Waals surface area contributed by atoms with Gasteiger partial charge in [-0.05, 0) is 26.8 Å². The molecule has 3 aromatic rings. The van der Waals surface area contributed by atoms with Crippen molar-refractivity contribution in [3.05, 3.63) is 24.2 Å². The van der Waals surface area contributed by atoms with Gasteiger partial charge >= 0.3 is 0 Å². The number of aryl methyl sites for hydroxylation is 1. The highest BCUT2D eigenvalue weighted by atomic mass is 16.5. The van der Waals surface area contributed by atoms with Crippen LogP contribution in [-0.2, 0) is 11.8 Å². The number of nitrogens with zero attached hydrogens (tertiary/aromatic N) is 6. The number of hydrogen-bond acceptors (Lipinski definition) is 7. The fourth-order valence-electron chi connectivity index (χ4n) is 3.13. The van der Waals surface area contributed by atoms with Gasteiger partial charge in [-0.1, -0.05) is 0 Å². The summed E-state index contributed by atoms with van der Waals surface area (Å²) < 4.78 is 14.8. The molecule has 3 aromatic heterocycles. The molecule has 2 atom stereocenters. The third kappa shape index (κ3) is 3.08. The summed E-state index contributed by atoms with van der Waals surface area (Å²) in [5, 5.41) is 17.8.